The quantitative estimate of drug-likeness (QED) is 0.769. The molecular weight excluding hydrogens is 208 g/mol. The zero-order valence-electron chi connectivity index (χ0n) is 9.65. The van der Waals surface area contributed by atoms with E-state index in [1.54, 1.807) is 32.9 Å². The molecule has 0 fully saturated rings. The van der Waals surface area contributed by atoms with Gasteiger partial charge in [-0.25, -0.2) is 4.79 Å². The van der Waals surface area contributed by atoms with E-state index in [1.165, 1.54) is 0 Å². The van der Waals surface area contributed by atoms with Crippen LogP contribution in [0.5, 0.6) is 0 Å². The van der Waals surface area contributed by atoms with E-state index in [-0.39, 0.29) is 5.57 Å². The van der Waals surface area contributed by atoms with E-state index in [1.807, 2.05) is 0 Å². The van der Waals surface area contributed by atoms with E-state index in [0.29, 0.717) is 12.0 Å². The van der Waals surface area contributed by atoms with Crippen LogP contribution in [0, 0.1) is 11.3 Å². The number of rotatable bonds is 3. The molecular formula is C12H16O4. The lowest BCUT2D eigenvalue weighted by Crippen LogP contribution is -2.39. The van der Waals surface area contributed by atoms with Crippen molar-refractivity contribution in [3.8, 4) is 0 Å². The maximum Gasteiger partial charge on any atom is 0.332 e. The average molecular weight is 224 g/mol. The van der Waals surface area contributed by atoms with Crippen molar-refractivity contribution in [1.29, 1.82) is 0 Å². The molecule has 2 atom stereocenters. The third-order valence-electron chi connectivity index (χ3n) is 3.47. The predicted octanol–water partition coefficient (Wildman–Crippen LogP) is 2.07. The Morgan fingerprint density at radius 1 is 1.44 bits per heavy atom. The summed E-state index contributed by atoms with van der Waals surface area (Å²) in [5.41, 5.74) is -0.259. The molecule has 16 heavy (non-hydrogen) atoms. The minimum Gasteiger partial charge on any atom is -0.481 e. The van der Waals surface area contributed by atoms with E-state index in [9.17, 15) is 14.7 Å². The smallest absolute Gasteiger partial charge is 0.332 e. The topological polar surface area (TPSA) is 74.6 Å². The fourth-order valence-electron chi connectivity index (χ4n) is 2.29. The molecule has 0 heterocycles. The summed E-state index contributed by atoms with van der Waals surface area (Å²) in [5, 5.41) is 18.4. The molecule has 1 rings (SSSR count). The summed E-state index contributed by atoms with van der Waals surface area (Å²) in [6, 6.07) is 0. The molecule has 0 amide bonds. The fraction of sp³-hybridized carbons (Fsp3) is 0.500. The van der Waals surface area contributed by atoms with Gasteiger partial charge in [-0.15, -0.1) is 0 Å². The van der Waals surface area contributed by atoms with Gasteiger partial charge in [-0.05, 0) is 18.9 Å². The molecule has 4 heteroatoms. The summed E-state index contributed by atoms with van der Waals surface area (Å²) >= 11 is 0. The molecule has 2 unspecified atom stereocenters. The van der Waals surface area contributed by atoms with Gasteiger partial charge in [-0.1, -0.05) is 26.0 Å². The zero-order valence-corrected chi connectivity index (χ0v) is 9.65. The fourth-order valence-corrected chi connectivity index (χ4v) is 2.29. The van der Waals surface area contributed by atoms with Crippen LogP contribution >= 0.6 is 0 Å². The Balaban J connectivity index is 3.31. The van der Waals surface area contributed by atoms with Crippen LogP contribution in [0.15, 0.2) is 23.3 Å². The summed E-state index contributed by atoms with van der Waals surface area (Å²) in [6.07, 6.45) is 3.59. The van der Waals surface area contributed by atoms with Crippen LogP contribution in [0.4, 0.5) is 0 Å². The van der Waals surface area contributed by atoms with Gasteiger partial charge in [0, 0.05) is 11.5 Å². The highest BCUT2D eigenvalue weighted by molar-refractivity contribution is 5.92. The van der Waals surface area contributed by atoms with Crippen molar-refractivity contribution in [2.75, 3.05) is 0 Å². The van der Waals surface area contributed by atoms with Crippen molar-refractivity contribution in [2.24, 2.45) is 11.3 Å². The van der Waals surface area contributed by atoms with Crippen molar-refractivity contribution in [3.05, 3.63) is 23.3 Å². The summed E-state index contributed by atoms with van der Waals surface area (Å²) in [7, 11) is 0. The van der Waals surface area contributed by atoms with Gasteiger partial charge in [-0.3, -0.25) is 4.79 Å². The third-order valence-corrected chi connectivity index (χ3v) is 3.47. The van der Waals surface area contributed by atoms with Gasteiger partial charge in [0.25, 0.3) is 0 Å². The lowest BCUT2D eigenvalue weighted by Gasteiger charge is -2.35. The molecule has 0 radical (unpaired) electrons. The largest absolute Gasteiger partial charge is 0.481 e. The highest BCUT2D eigenvalue weighted by atomic mass is 16.4. The van der Waals surface area contributed by atoms with Gasteiger partial charge in [0.1, 0.15) is 0 Å². The van der Waals surface area contributed by atoms with Crippen LogP contribution in [-0.4, -0.2) is 22.2 Å². The van der Waals surface area contributed by atoms with Gasteiger partial charge in [0.05, 0.1) is 5.41 Å². The zero-order chi connectivity index (χ0) is 12.5. The van der Waals surface area contributed by atoms with E-state index >= 15 is 0 Å². The molecule has 0 aliphatic heterocycles. The molecule has 0 aromatic heterocycles. The number of aliphatic carboxylic acids is 2. The Morgan fingerprint density at radius 3 is 2.38 bits per heavy atom. The molecule has 2 N–H and O–H groups in total. The van der Waals surface area contributed by atoms with Crippen molar-refractivity contribution in [2.45, 2.75) is 27.2 Å². The first-order valence-electron chi connectivity index (χ1n) is 5.23. The predicted molar refractivity (Wildman–Crippen MR) is 59.0 cm³/mol. The molecule has 0 saturated heterocycles. The Hall–Kier alpha value is -1.58. The minimum atomic E-state index is -1.09. The second-order valence-corrected chi connectivity index (χ2v) is 4.16. The van der Waals surface area contributed by atoms with Crippen LogP contribution in [0.3, 0.4) is 0 Å². The van der Waals surface area contributed by atoms with E-state index in [0.717, 1.165) is 0 Å². The summed E-state index contributed by atoms with van der Waals surface area (Å²) in [4.78, 5) is 22.4. The maximum absolute atomic E-state index is 11.3. The number of allylic oxidation sites excluding steroid dienone is 2. The van der Waals surface area contributed by atoms with Gasteiger partial charge < -0.3 is 10.2 Å². The van der Waals surface area contributed by atoms with Gasteiger partial charge in [-0.2, -0.15) is 0 Å². The first kappa shape index (κ1) is 12.5. The van der Waals surface area contributed by atoms with Crippen LogP contribution in [0.25, 0.3) is 0 Å². The second kappa shape index (κ2) is 4.12. The van der Waals surface area contributed by atoms with Crippen molar-refractivity contribution >= 4 is 11.9 Å². The number of carboxylic acid groups (broad SMARTS) is 2. The molecule has 1 aliphatic carbocycles. The van der Waals surface area contributed by atoms with Crippen LogP contribution in [0.1, 0.15) is 27.2 Å². The normalized spacial score (nSPS) is 29.3. The first-order chi connectivity index (χ1) is 7.36. The van der Waals surface area contributed by atoms with Crippen LogP contribution in [0.2, 0.25) is 0 Å². The van der Waals surface area contributed by atoms with E-state index < -0.39 is 23.3 Å². The van der Waals surface area contributed by atoms with Crippen molar-refractivity contribution in [1.82, 2.24) is 0 Å². The molecule has 0 aromatic carbocycles. The maximum atomic E-state index is 11.3. The Labute approximate surface area is 94.3 Å². The SMILES string of the molecule is CCC1(C(=O)O)C=CC(C)=C(C(=O)O)C1C. The summed E-state index contributed by atoms with van der Waals surface area (Å²) < 4.78 is 0. The molecule has 4 nitrogen and oxygen atoms in total. The van der Waals surface area contributed by atoms with Gasteiger partial charge >= 0.3 is 11.9 Å². The second-order valence-electron chi connectivity index (χ2n) is 4.16. The standard InChI is InChI=1S/C12H16O4/c1-4-12(11(15)16)6-5-7(2)9(8(12)3)10(13)14/h5-6,8H,4H2,1-3H3,(H,13,14)(H,15,16). The average Bonchev–Trinajstić information content (AvgIpc) is 2.17. The molecule has 0 aromatic rings. The van der Waals surface area contributed by atoms with Crippen LogP contribution < -0.4 is 0 Å². The van der Waals surface area contributed by atoms with Gasteiger partial charge in [0.15, 0.2) is 0 Å². The lowest BCUT2D eigenvalue weighted by atomic mass is 9.67. The molecule has 0 spiro atoms. The highest BCUT2D eigenvalue weighted by Gasteiger charge is 2.45. The number of carboxylic acids is 2. The number of carbonyl (C=O) groups is 2. The Bertz CT molecular complexity index is 392. The van der Waals surface area contributed by atoms with E-state index in [2.05, 4.69) is 0 Å². The van der Waals surface area contributed by atoms with Crippen molar-refractivity contribution in [3.63, 3.8) is 0 Å². The minimum absolute atomic E-state index is 0.201. The lowest BCUT2D eigenvalue weighted by molar-refractivity contribution is -0.148. The molecule has 88 valence electrons. The van der Waals surface area contributed by atoms with E-state index in [4.69, 9.17) is 5.11 Å². The summed E-state index contributed by atoms with van der Waals surface area (Å²) in [5.74, 6) is -2.52. The first-order valence-corrected chi connectivity index (χ1v) is 5.23. The highest BCUT2D eigenvalue weighted by Crippen LogP contribution is 2.42. The monoisotopic (exact) mass is 224 g/mol. The Morgan fingerprint density at radius 2 is 2.00 bits per heavy atom. The molecule has 1 aliphatic rings. The van der Waals surface area contributed by atoms with Crippen molar-refractivity contribution < 1.29 is 19.8 Å². The molecule has 0 saturated carbocycles. The number of hydrogen-bond acceptors (Lipinski definition) is 2. The van der Waals surface area contributed by atoms with Crippen LogP contribution in [-0.2, 0) is 9.59 Å². The Kier molecular flexibility index (Phi) is 3.21. The number of hydrogen-bond donors (Lipinski definition) is 2. The summed E-state index contributed by atoms with van der Waals surface area (Å²) in [6.45, 7) is 5.11. The molecule has 0 bridgehead atoms. The third kappa shape index (κ3) is 1.64. The van der Waals surface area contributed by atoms with Gasteiger partial charge in [0.2, 0.25) is 0 Å².